The lowest BCUT2D eigenvalue weighted by atomic mass is 10.0. The molecule has 1 N–H and O–H groups in total. The van der Waals surface area contributed by atoms with Crippen LogP contribution in [0.4, 0.5) is 0 Å². The van der Waals surface area contributed by atoms with Gasteiger partial charge in [0.1, 0.15) is 5.60 Å². The SMILES string of the molecule is OC[C@@]1(c2cccs2)COCCO1. The molecule has 0 unspecified atom stereocenters. The standard InChI is InChI=1S/C9H12O3S/c10-6-9(7-11-3-4-12-9)8-2-1-5-13-8/h1-2,5,10H,3-4,6-7H2/t9-/m0/s1. The first-order chi connectivity index (χ1) is 6.37. The molecule has 0 aliphatic carbocycles. The van der Waals surface area contributed by atoms with E-state index in [-0.39, 0.29) is 6.61 Å². The molecular formula is C9H12O3S. The maximum absolute atomic E-state index is 9.32. The summed E-state index contributed by atoms with van der Waals surface area (Å²) in [5.41, 5.74) is -0.605. The van der Waals surface area contributed by atoms with Crippen LogP contribution >= 0.6 is 11.3 Å². The average molecular weight is 200 g/mol. The van der Waals surface area contributed by atoms with E-state index in [2.05, 4.69) is 0 Å². The highest BCUT2D eigenvalue weighted by atomic mass is 32.1. The fourth-order valence-corrected chi connectivity index (χ4v) is 2.28. The predicted octanol–water partition coefficient (Wildman–Crippen LogP) is 0.983. The summed E-state index contributed by atoms with van der Waals surface area (Å²) < 4.78 is 10.9. The second-order valence-electron chi connectivity index (χ2n) is 3.03. The summed E-state index contributed by atoms with van der Waals surface area (Å²) in [5.74, 6) is 0. The minimum Gasteiger partial charge on any atom is -0.393 e. The van der Waals surface area contributed by atoms with Crippen molar-refractivity contribution in [2.45, 2.75) is 5.60 Å². The lowest BCUT2D eigenvalue weighted by Crippen LogP contribution is -2.43. The molecule has 1 fully saturated rings. The van der Waals surface area contributed by atoms with Crippen LogP contribution < -0.4 is 0 Å². The van der Waals surface area contributed by atoms with E-state index in [0.717, 1.165) is 4.88 Å². The Balaban J connectivity index is 2.23. The number of hydrogen-bond donors (Lipinski definition) is 1. The van der Waals surface area contributed by atoms with Gasteiger partial charge in [0.15, 0.2) is 0 Å². The molecule has 3 nitrogen and oxygen atoms in total. The number of hydrogen-bond acceptors (Lipinski definition) is 4. The first-order valence-corrected chi connectivity index (χ1v) is 5.12. The molecule has 13 heavy (non-hydrogen) atoms. The largest absolute Gasteiger partial charge is 0.393 e. The summed E-state index contributed by atoms with van der Waals surface area (Å²) in [6.45, 7) is 1.60. The first-order valence-electron chi connectivity index (χ1n) is 4.24. The molecule has 4 heteroatoms. The fraction of sp³-hybridized carbons (Fsp3) is 0.556. The zero-order valence-corrected chi connectivity index (χ0v) is 8.05. The fourth-order valence-electron chi connectivity index (χ4n) is 1.42. The van der Waals surface area contributed by atoms with Crippen LogP contribution in [0.25, 0.3) is 0 Å². The molecular weight excluding hydrogens is 188 g/mol. The van der Waals surface area contributed by atoms with Gasteiger partial charge in [-0.1, -0.05) is 6.07 Å². The molecule has 0 bridgehead atoms. The third-order valence-electron chi connectivity index (χ3n) is 2.17. The highest BCUT2D eigenvalue weighted by Gasteiger charge is 2.36. The molecule has 0 saturated carbocycles. The van der Waals surface area contributed by atoms with Crippen LogP contribution in [-0.2, 0) is 15.1 Å². The molecule has 2 heterocycles. The van der Waals surface area contributed by atoms with E-state index in [1.54, 1.807) is 11.3 Å². The van der Waals surface area contributed by atoms with E-state index < -0.39 is 5.60 Å². The summed E-state index contributed by atoms with van der Waals surface area (Å²) in [5, 5.41) is 11.3. The number of thiophene rings is 1. The molecule has 1 aliphatic rings. The number of rotatable bonds is 2. The van der Waals surface area contributed by atoms with Crippen LogP contribution in [0.2, 0.25) is 0 Å². The van der Waals surface area contributed by atoms with Crippen LogP contribution in [-0.4, -0.2) is 31.5 Å². The third kappa shape index (κ3) is 1.62. The van der Waals surface area contributed by atoms with Crippen molar-refractivity contribution in [2.75, 3.05) is 26.4 Å². The monoisotopic (exact) mass is 200 g/mol. The van der Waals surface area contributed by atoms with Gasteiger partial charge >= 0.3 is 0 Å². The van der Waals surface area contributed by atoms with Crippen LogP contribution in [0.5, 0.6) is 0 Å². The van der Waals surface area contributed by atoms with Crippen molar-refractivity contribution in [3.05, 3.63) is 22.4 Å². The van der Waals surface area contributed by atoms with Gasteiger partial charge in [-0.3, -0.25) is 0 Å². The maximum Gasteiger partial charge on any atom is 0.148 e. The summed E-state index contributed by atoms with van der Waals surface area (Å²) in [6, 6.07) is 3.92. The van der Waals surface area contributed by atoms with Crippen molar-refractivity contribution in [3.8, 4) is 0 Å². The van der Waals surface area contributed by atoms with Crippen molar-refractivity contribution in [3.63, 3.8) is 0 Å². The predicted molar refractivity (Wildman–Crippen MR) is 49.9 cm³/mol. The van der Waals surface area contributed by atoms with Gasteiger partial charge in [-0.15, -0.1) is 11.3 Å². The molecule has 1 aromatic rings. The topological polar surface area (TPSA) is 38.7 Å². The minimum atomic E-state index is -0.605. The van der Waals surface area contributed by atoms with Crippen molar-refractivity contribution in [1.29, 1.82) is 0 Å². The van der Waals surface area contributed by atoms with E-state index in [9.17, 15) is 5.11 Å². The molecule has 72 valence electrons. The second-order valence-corrected chi connectivity index (χ2v) is 3.98. The maximum atomic E-state index is 9.32. The number of aliphatic hydroxyl groups excluding tert-OH is 1. The van der Waals surface area contributed by atoms with Crippen LogP contribution in [0, 0.1) is 0 Å². The highest BCUT2D eigenvalue weighted by molar-refractivity contribution is 7.10. The smallest absolute Gasteiger partial charge is 0.148 e. The molecule has 0 amide bonds. The molecule has 1 saturated heterocycles. The summed E-state index contributed by atoms with van der Waals surface area (Å²) >= 11 is 1.59. The quantitative estimate of drug-likeness (QED) is 0.773. The van der Waals surface area contributed by atoms with Gasteiger partial charge in [0.05, 0.1) is 26.4 Å². The van der Waals surface area contributed by atoms with Gasteiger partial charge in [0, 0.05) is 4.88 Å². The van der Waals surface area contributed by atoms with Gasteiger partial charge in [-0.05, 0) is 11.4 Å². The van der Waals surface area contributed by atoms with E-state index in [1.807, 2.05) is 17.5 Å². The highest BCUT2D eigenvalue weighted by Crippen LogP contribution is 2.31. The lowest BCUT2D eigenvalue weighted by molar-refractivity contribution is -0.179. The summed E-state index contributed by atoms with van der Waals surface area (Å²) in [6.07, 6.45) is 0. The Morgan fingerprint density at radius 2 is 2.46 bits per heavy atom. The second kappa shape index (κ2) is 3.75. The van der Waals surface area contributed by atoms with Gasteiger partial charge in [-0.2, -0.15) is 0 Å². The van der Waals surface area contributed by atoms with Crippen molar-refractivity contribution < 1.29 is 14.6 Å². The summed E-state index contributed by atoms with van der Waals surface area (Å²) in [7, 11) is 0. The molecule has 1 aliphatic heterocycles. The van der Waals surface area contributed by atoms with Crippen molar-refractivity contribution >= 4 is 11.3 Å². The van der Waals surface area contributed by atoms with E-state index in [1.165, 1.54) is 0 Å². The third-order valence-corrected chi connectivity index (χ3v) is 3.22. The molecule has 0 aromatic carbocycles. The van der Waals surface area contributed by atoms with Crippen molar-refractivity contribution in [1.82, 2.24) is 0 Å². The zero-order chi connectivity index (χ0) is 9.15. The Kier molecular flexibility index (Phi) is 2.64. The van der Waals surface area contributed by atoms with E-state index in [0.29, 0.717) is 19.8 Å². The molecule has 0 radical (unpaired) electrons. The molecule has 2 rings (SSSR count). The minimum absolute atomic E-state index is 0.0203. The zero-order valence-electron chi connectivity index (χ0n) is 7.23. The average Bonchev–Trinajstić information content (AvgIpc) is 2.72. The van der Waals surface area contributed by atoms with Gasteiger partial charge in [0.25, 0.3) is 0 Å². The Hall–Kier alpha value is -0.420. The number of aliphatic hydroxyl groups is 1. The Morgan fingerprint density at radius 1 is 1.54 bits per heavy atom. The van der Waals surface area contributed by atoms with Crippen LogP contribution in [0.3, 0.4) is 0 Å². The molecule has 1 atom stereocenters. The van der Waals surface area contributed by atoms with Gasteiger partial charge in [0.2, 0.25) is 0 Å². The normalized spacial score (nSPS) is 29.0. The Morgan fingerprint density at radius 3 is 3.00 bits per heavy atom. The summed E-state index contributed by atoms with van der Waals surface area (Å²) in [4.78, 5) is 1.04. The first kappa shape index (κ1) is 9.15. The lowest BCUT2D eigenvalue weighted by Gasteiger charge is -2.34. The van der Waals surface area contributed by atoms with Gasteiger partial charge < -0.3 is 14.6 Å². The van der Waals surface area contributed by atoms with Crippen LogP contribution in [0.1, 0.15) is 4.88 Å². The number of ether oxygens (including phenoxy) is 2. The Bertz CT molecular complexity index is 252. The van der Waals surface area contributed by atoms with Gasteiger partial charge in [-0.25, -0.2) is 0 Å². The van der Waals surface area contributed by atoms with Crippen molar-refractivity contribution in [2.24, 2.45) is 0 Å². The van der Waals surface area contributed by atoms with E-state index >= 15 is 0 Å². The van der Waals surface area contributed by atoms with E-state index in [4.69, 9.17) is 9.47 Å². The molecule has 1 aromatic heterocycles. The Labute approximate surface area is 80.9 Å². The van der Waals surface area contributed by atoms with Crippen LogP contribution in [0.15, 0.2) is 17.5 Å². The molecule has 0 spiro atoms.